The number of halogens is 1. The van der Waals surface area contributed by atoms with Crippen molar-refractivity contribution in [1.82, 2.24) is 10.6 Å². The molecule has 1 rings (SSSR count). The van der Waals surface area contributed by atoms with Gasteiger partial charge in [0, 0.05) is 19.1 Å². The zero-order chi connectivity index (χ0) is 14.3. The standard InChI is InChI=1S/C14H21ClN2O2/c1-4-16-14(18)9-19-13-6-5-11(7-12(13)15)8-17-10(2)3/h5-7,10,17H,4,8-9H2,1-3H3,(H,16,18). The second kappa shape index (κ2) is 8.02. The zero-order valence-corrected chi connectivity index (χ0v) is 12.4. The van der Waals surface area contributed by atoms with Gasteiger partial charge in [0.1, 0.15) is 5.75 Å². The van der Waals surface area contributed by atoms with Gasteiger partial charge in [-0.05, 0) is 24.6 Å². The van der Waals surface area contributed by atoms with Gasteiger partial charge in [0.15, 0.2) is 6.61 Å². The maximum atomic E-state index is 11.3. The molecule has 0 radical (unpaired) electrons. The third-order valence-electron chi connectivity index (χ3n) is 2.44. The highest BCUT2D eigenvalue weighted by atomic mass is 35.5. The van der Waals surface area contributed by atoms with Gasteiger partial charge in [0.25, 0.3) is 5.91 Å². The van der Waals surface area contributed by atoms with Crippen molar-refractivity contribution in [1.29, 1.82) is 0 Å². The number of carbonyl (C=O) groups is 1. The van der Waals surface area contributed by atoms with Crippen LogP contribution in [0, 0.1) is 0 Å². The van der Waals surface area contributed by atoms with Crippen LogP contribution < -0.4 is 15.4 Å². The Morgan fingerprint density at radius 1 is 1.42 bits per heavy atom. The molecule has 0 unspecified atom stereocenters. The second-order valence-corrected chi connectivity index (χ2v) is 4.95. The number of rotatable bonds is 7. The van der Waals surface area contributed by atoms with Gasteiger partial charge in [0.05, 0.1) is 5.02 Å². The van der Waals surface area contributed by atoms with Gasteiger partial charge in [-0.1, -0.05) is 31.5 Å². The van der Waals surface area contributed by atoms with Crippen LogP contribution in [0.1, 0.15) is 26.3 Å². The van der Waals surface area contributed by atoms with Gasteiger partial charge in [0.2, 0.25) is 0 Å². The van der Waals surface area contributed by atoms with E-state index in [2.05, 4.69) is 24.5 Å². The Kier molecular flexibility index (Phi) is 6.67. The Morgan fingerprint density at radius 3 is 2.74 bits per heavy atom. The van der Waals surface area contributed by atoms with Crippen molar-refractivity contribution in [3.8, 4) is 5.75 Å². The summed E-state index contributed by atoms with van der Waals surface area (Å²) in [6.07, 6.45) is 0. The van der Waals surface area contributed by atoms with Crippen molar-refractivity contribution < 1.29 is 9.53 Å². The van der Waals surface area contributed by atoms with Gasteiger partial charge >= 0.3 is 0 Å². The SMILES string of the molecule is CCNC(=O)COc1ccc(CNC(C)C)cc1Cl. The Labute approximate surface area is 119 Å². The van der Waals surface area contributed by atoms with E-state index >= 15 is 0 Å². The number of hydrogen-bond donors (Lipinski definition) is 2. The predicted octanol–water partition coefficient (Wildman–Crippen LogP) is 2.35. The number of carbonyl (C=O) groups excluding carboxylic acids is 1. The molecule has 0 aliphatic carbocycles. The number of benzene rings is 1. The van der Waals surface area contributed by atoms with E-state index in [1.807, 2.05) is 19.1 Å². The summed E-state index contributed by atoms with van der Waals surface area (Å²) in [6, 6.07) is 6.00. The maximum absolute atomic E-state index is 11.3. The van der Waals surface area contributed by atoms with Gasteiger partial charge < -0.3 is 15.4 Å². The van der Waals surface area contributed by atoms with Crippen molar-refractivity contribution in [3.63, 3.8) is 0 Å². The van der Waals surface area contributed by atoms with Gasteiger partial charge in [-0.25, -0.2) is 0 Å². The van der Waals surface area contributed by atoms with Crippen LogP contribution in [0.25, 0.3) is 0 Å². The van der Waals surface area contributed by atoms with Crippen LogP contribution in [0.2, 0.25) is 5.02 Å². The predicted molar refractivity (Wildman–Crippen MR) is 77.6 cm³/mol. The Hall–Kier alpha value is -1.26. The monoisotopic (exact) mass is 284 g/mol. The Morgan fingerprint density at radius 2 is 2.16 bits per heavy atom. The van der Waals surface area contributed by atoms with E-state index < -0.39 is 0 Å². The molecule has 0 aliphatic rings. The summed E-state index contributed by atoms with van der Waals surface area (Å²) in [7, 11) is 0. The molecule has 0 atom stereocenters. The fraction of sp³-hybridized carbons (Fsp3) is 0.500. The fourth-order valence-electron chi connectivity index (χ4n) is 1.48. The van der Waals surface area contributed by atoms with Crippen LogP contribution >= 0.6 is 11.6 Å². The van der Waals surface area contributed by atoms with Crippen LogP contribution in [0.5, 0.6) is 5.75 Å². The first-order chi connectivity index (χ1) is 9.02. The van der Waals surface area contributed by atoms with Crippen LogP contribution in [0.15, 0.2) is 18.2 Å². The van der Waals surface area contributed by atoms with Crippen molar-refractivity contribution in [2.75, 3.05) is 13.2 Å². The molecular formula is C14H21ClN2O2. The lowest BCUT2D eigenvalue weighted by Crippen LogP contribution is -2.28. The van der Waals surface area contributed by atoms with E-state index in [1.165, 1.54) is 0 Å². The van der Waals surface area contributed by atoms with E-state index in [4.69, 9.17) is 16.3 Å². The van der Waals surface area contributed by atoms with E-state index in [0.29, 0.717) is 23.4 Å². The molecule has 1 aromatic carbocycles. The molecule has 0 saturated carbocycles. The van der Waals surface area contributed by atoms with Crippen molar-refractivity contribution in [2.45, 2.75) is 33.4 Å². The average molecular weight is 285 g/mol. The maximum Gasteiger partial charge on any atom is 0.257 e. The van der Waals surface area contributed by atoms with E-state index in [-0.39, 0.29) is 12.5 Å². The molecular weight excluding hydrogens is 264 g/mol. The normalized spacial score (nSPS) is 10.6. The molecule has 0 spiro atoms. The Balaban J connectivity index is 2.54. The minimum absolute atomic E-state index is 0.0167. The fourth-order valence-corrected chi connectivity index (χ4v) is 1.74. The summed E-state index contributed by atoms with van der Waals surface area (Å²) in [5.41, 5.74) is 1.09. The first-order valence-electron chi connectivity index (χ1n) is 6.44. The number of hydrogen-bond acceptors (Lipinski definition) is 3. The van der Waals surface area contributed by atoms with E-state index in [0.717, 1.165) is 12.1 Å². The minimum Gasteiger partial charge on any atom is -0.482 e. The highest BCUT2D eigenvalue weighted by Crippen LogP contribution is 2.25. The quantitative estimate of drug-likeness (QED) is 0.808. The molecule has 19 heavy (non-hydrogen) atoms. The lowest BCUT2D eigenvalue weighted by Gasteiger charge is -2.11. The van der Waals surface area contributed by atoms with E-state index in [1.54, 1.807) is 6.07 Å². The topological polar surface area (TPSA) is 50.4 Å². The van der Waals surface area contributed by atoms with Crippen molar-refractivity contribution in [3.05, 3.63) is 28.8 Å². The summed E-state index contributed by atoms with van der Waals surface area (Å²) in [5.74, 6) is 0.380. The molecule has 0 heterocycles. The van der Waals surface area contributed by atoms with Gasteiger partial charge in [-0.2, -0.15) is 0 Å². The highest BCUT2D eigenvalue weighted by molar-refractivity contribution is 6.32. The summed E-state index contributed by atoms with van der Waals surface area (Å²) in [5, 5.41) is 6.49. The molecule has 2 N–H and O–H groups in total. The summed E-state index contributed by atoms with van der Waals surface area (Å²) >= 11 is 6.12. The summed E-state index contributed by atoms with van der Waals surface area (Å²) < 4.78 is 5.37. The first kappa shape index (κ1) is 15.8. The smallest absolute Gasteiger partial charge is 0.257 e. The largest absolute Gasteiger partial charge is 0.482 e. The number of likely N-dealkylation sites (N-methyl/N-ethyl adjacent to an activating group) is 1. The molecule has 4 nitrogen and oxygen atoms in total. The zero-order valence-electron chi connectivity index (χ0n) is 11.6. The number of ether oxygens (including phenoxy) is 1. The molecule has 1 amide bonds. The minimum atomic E-state index is -0.149. The summed E-state index contributed by atoms with van der Waals surface area (Å²) in [6.45, 7) is 7.37. The van der Waals surface area contributed by atoms with Gasteiger partial charge in [-0.3, -0.25) is 4.79 Å². The molecule has 5 heteroatoms. The van der Waals surface area contributed by atoms with Crippen molar-refractivity contribution >= 4 is 17.5 Å². The molecule has 0 aliphatic heterocycles. The first-order valence-corrected chi connectivity index (χ1v) is 6.82. The molecule has 0 bridgehead atoms. The third-order valence-corrected chi connectivity index (χ3v) is 2.74. The lowest BCUT2D eigenvalue weighted by molar-refractivity contribution is -0.122. The number of amides is 1. The van der Waals surface area contributed by atoms with Crippen LogP contribution in [-0.2, 0) is 11.3 Å². The average Bonchev–Trinajstić information content (AvgIpc) is 2.35. The van der Waals surface area contributed by atoms with Crippen LogP contribution in [-0.4, -0.2) is 25.1 Å². The number of nitrogens with one attached hydrogen (secondary N) is 2. The van der Waals surface area contributed by atoms with E-state index in [9.17, 15) is 4.79 Å². The van der Waals surface area contributed by atoms with Crippen molar-refractivity contribution in [2.24, 2.45) is 0 Å². The van der Waals surface area contributed by atoms with Crippen LogP contribution in [0.4, 0.5) is 0 Å². The highest BCUT2D eigenvalue weighted by Gasteiger charge is 2.06. The molecule has 0 saturated heterocycles. The molecule has 106 valence electrons. The Bertz CT molecular complexity index is 422. The molecule has 1 aromatic rings. The molecule has 0 fully saturated rings. The molecule has 0 aromatic heterocycles. The summed E-state index contributed by atoms with van der Waals surface area (Å²) in [4.78, 5) is 11.3. The second-order valence-electron chi connectivity index (χ2n) is 4.54. The van der Waals surface area contributed by atoms with Crippen LogP contribution in [0.3, 0.4) is 0 Å². The lowest BCUT2D eigenvalue weighted by atomic mass is 10.2. The third kappa shape index (κ3) is 5.94. The van der Waals surface area contributed by atoms with Gasteiger partial charge in [-0.15, -0.1) is 0 Å².